The second-order valence-electron chi connectivity index (χ2n) is 6.86. The van der Waals surface area contributed by atoms with Gasteiger partial charge in [0, 0.05) is 31.9 Å². The number of carbonyl (C=O) groups excluding carboxylic acids is 1. The number of aryl methyl sites for hydroxylation is 2. The van der Waals surface area contributed by atoms with Crippen LogP contribution in [0.4, 0.5) is 5.69 Å². The first-order chi connectivity index (χ1) is 13.5. The molecular weight excluding hydrogens is 374 g/mol. The smallest absolute Gasteiger partial charge is 0.257 e. The van der Waals surface area contributed by atoms with Gasteiger partial charge in [-0.05, 0) is 43.5 Å². The van der Waals surface area contributed by atoms with E-state index in [4.69, 9.17) is 16.1 Å². The first kappa shape index (κ1) is 20.0. The van der Waals surface area contributed by atoms with Crippen LogP contribution in [0, 0.1) is 6.92 Å². The Morgan fingerprint density at radius 3 is 2.54 bits per heavy atom. The van der Waals surface area contributed by atoms with Crippen molar-refractivity contribution in [2.45, 2.75) is 19.8 Å². The Balaban J connectivity index is 1.60. The van der Waals surface area contributed by atoms with Crippen molar-refractivity contribution in [1.82, 2.24) is 10.5 Å². The average Bonchev–Trinajstić information content (AvgIpc) is 3.07. The monoisotopic (exact) mass is 397 g/mol. The molecule has 0 aliphatic carbocycles. The van der Waals surface area contributed by atoms with E-state index < -0.39 is 0 Å². The van der Waals surface area contributed by atoms with Crippen molar-refractivity contribution in [3.05, 3.63) is 70.4 Å². The van der Waals surface area contributed by atoms with Crippen molar-refractivity contribution < 1.29 is 9.32 Å². The third kappa shape index (κ3) is 4.54. The predicted molar refractivity (Wildman–Crippen MR) is 113 cm³/mol. The Kier molecular flexibility index (Phi) is 6.37. The first-order valence-corrected chi connectivity index (χ1v) is 9.61. The third-order valence-corrected chi connectivity index (χ3v) is 4.93. The number of rotatable bonds is 7. The third-order valence-electron chi connectivity index (χ3n) is 4.60. The maximum absolute atomic E-state index is 12.7. The van der Waals surface area contributed by atoms with Crippen LogP contribution >= 0.6 is 11.6 Å². The predicted octanol–water partition coefficient (Wildman–Crippen LogP) is 4.73. The average molecular weight is 398 g/mol. The minimum absolute atomic E-state index is 0.198. The number of halogens is 1. The van der Waals surface area contributed by atoms with E-state index in [1.165, 1.54) is 11.3 Å². The summed E-state index contributed by atoms with van der Waals surface area (Å²) in [7, 11) is 4.04. The van der Waals surface area contributed by atoms with Crippen LogP contribution in [0.3, 0.4) is 0 Å². The molecule has 0 spiro atoms. The number of amides is 1. The minimum Gasteiger partial charge on any atom is -0.378 e. The van der Waals surface area contributed by atoms with Gasteiger partial charge in [-0.2, -0.15) is 0 Å². The summed E-state index contributed by atoms with van der Waals surface area (Å²) >= 11 is 6.25. The van der Waals surface area contributed by atoms with E-state index in [0.29, 0.717) is 34.1 Å². The summed E-state index contributed by atoms with van der Waals surface area (Å²) in [5.74, 6) is 0.281. The van der Waals surface area contributed by atoms with Crippen LogP contribution in [0.15, 0.2) is 53.1 Å². The molecule has 3 rings (SSSR count). The molecule has 0 fully saturated rings. The molecule has 0 aliphatic heterocycles. The van der Waals surface area contributed by atoms with Gasteiger partial charge in [0.25, 0.3) is 5.91 Å². The zero-order valence-corrected chi connectivity index (χ0v) is 17.1. The SMILES string of the molecule is Cc1onc(-c2ccccc2Cl)c1C(=O)NCCCc1ccc(N(C)C)cc1. The van der Waals surface area contributed by atoms with Crippen LogP contribution in [0.5, 0.6) is 0 Å². The summed E-state index contributed by atoms with van der Waals surface area (Å²) in [6.45, 7) is 2.30. The lowest BCUT2D eigenvalue weighted by atomic mass is 10.1. The van der Waals surface area contributed by atoms with Gasteiger partial charge in [0.2, 0.25) is 0 Å². The molecule has 0 aliphatic rings. The number of nitrogens with one attached hydrogen (secondary N) is 1. The van der Waals surface area contributed by atoms with E-state index in [0.717, 1.165) is 12.8 Å². The number of benzene rings is 2. The molecule has 5 nitrogen and oxygen atoms in total. The molecule has 6 heteroatoms. The zero-order valence-electron chi connectivity index (χ0n) is 16.3. The van der Waals surface area contributed by atoms with Gasteiger partial charge < -0.3 is 14.7 Å². The van der Waals surface area contributed by atoms with Gasteiger partial charge in [-0.1, -0.05) is 47.1 Å². The Labute approximate surface area is 170 Å². The molecule has 1 heterocycles. The quantitative estimate of drug-likeness (QED) is 0.585. The van der Waals surface area contributed by atoms with E-state index in [2.05, 4.69) is 39.6 Å². The van der Waals surface area contributed by atoms with E-state index in [1.54, 1.807) is 13.0 Å². The second-order valence-corrected chi connectivity index (χ2v) is 7.27. The zero-order chi connectivity index (χ0) is 20.1. The molecule has 28 heavy (non-hydrogen) atoms. The molecule has 1 N–H and O–H groups in total. The topological polar surface area (TPSA) is 58.4 Å². The molecule has 0 saturated heterocycles. The van der Waals surface area contributed by atoms with Crippen molar-refractivity contribution >= 4 is 23.2 Å². The fourth-order valence-electron chi connectivity index (χ4n) is 3.02. The number of hydrogen-bond donors (Lipinski definition) is 1. The van der Waals surface area contributed by atoms with E-state index >= 15 is 0 Å². The Hall–Kier alpha value is -2.79. The van der Waals surface area contributed by atoms with Crippen molar-refractivity contribution in [3.63, 3.8) is 0 Å². The van der Waals surface area contributed by atoms with Crippen LogP contribution in [0.2, 0.25) is 5.02 Å². The van der Waals surface area contributed by atoms with Crippen LogP contribution in [0.25, 0.3) is 11.3 Å². The Morgan fingerprint density at radius 2 is 1.86 bits per heavy atom. The summed E-state index contributed by atoms with van der Waals surface area (Å²) in [5, 5.41) is 7.54. The highest BCUT2D eigenvalue weighted by molar-refractivity contribution is 6.33. The van der Waals surface area contributed by atoms with Crippen molar-refractivity contribution in [2.24, 2.45) is 0 Å². The van der Waals surface area contributed by atoms with Gasteiger partial charge in [0.05, 0.1) is 5.02 Å². The van der Waals surface area contributed by atoms with Crippen molar-refractivity contribution in [3.8, 4) is 11.3 Å². The highest BCUT2D eigenvalue weighted by Gasteiger charge is 2.22. The fraction of sp³-hybridized carbons (Fsp3) is 0.273. The second kappa shape index (κ2) is 8.93. The molecular formula is C22H24ClN3O2. The highest BCUT2D eigenvalue weighted by atomic mass is 35.5. The number of carbonyl (C=O) groups is 1. The maximum atomic E-state index is 12.7. The Morgan fingerprint density at radius 1 is 1.14 bits per heavy atom. The minimum atomic E-state index is -0.198. The number of anilines is 1. The summed E-state index contributed by atoms with van der Waals surface area (Å²) < 4.78 is 5.26. The van der Waals surface area contributed by atoms with Gasteiger partial charge in [-0.25, -0.2) is 0 Å². The van der Waals surface area contributed by atoms with Gasteiger partial charge in [0.15, 0.2) is 0 Å². The van der Waals surface area contributed by atoms with Crippen LogP contribution in [-0.4, -0.2) is 31.7 Å². The summed E-state index contributed by atoms with van der Waals surface area (Å²) in [6, 6.07) is 15.7. The van der Waals surface area contributed by atoms with Gasteiger partial charge in [-0.3, -0.25) is 4.79 Å². The lowest BCUT2D eigenvalue weighted by molar-refractivity contribution is 0.0952. The van der Waals surface area contributed by atoms with Crippen molar-refractivity contribution in [2.75, 3.05) is 25.5 Å². The summed E-state index contributed by atoms with van der Waals surface area (Å²) in [5.41, 5.74) is 4.01. The van der Waals surface area contributed by atoms with Crippen molar-refractivity contribution in [1.29, 1.82) is 0 Å². The molecule has 0 atom stereocenters. The molecule has 2 aromatic carbocycles. The molecule has 3 aromatic rings. The normalized spacial score (nSPS) is 10.7. The van der Waals surface area contributed by atoms with Gasteiger partial charge in [-0.15, -0.1) is 0 Å². The van der Waals surface area contributed by atoms with Crippen LogP contribution in [-0.2, 0) is 6.42 Å². The first-order valence-electron chi connectivity index (χ1n) is 9.23. The molecule has 1 amide bonds. The standard InChI is InChI=1S/C22H24ClN3O2/c1-15-20(21(25-28-15)18-8-4-5-9-19(18)23)22(27)24-14-6-7-16-10-12-17(13-11-16)26(2)3/h4-5,8-13H,6-7,14H2,1-3H3,(H,24,27). The summed E-state index contributed by atoms with van der Waals surface area (Å²) in [4.78, 5) is 14.8. The number of hydrogen-bond acceptors (Lipinski definition) is 4. The lowest BCUT2D eigenvalue weighted by Gasteiger charge is -2.12. The molecule has 1 aromatic heterocycles. The molecule has 146 valence electrons. The maximum Gasteiger partial charge on any atom is 0.257 e. The highest BCUT2D eigenvalue weighted by Crippen LogP contribution is 2.30. The van der Waals surface area contributed by atoms with E-state index in [9.17, 15) is 4.79 Å². The molecule has 0 unspecified atom stereocenters. The van der Waals surface area contributed by atoms with Crippen LogP contribution < -0.4 is 10.2 Å². The number of nitrogens with zero attached hydrogens (tertiary/aromatic N) is 2. The van der Waals surface area contributed by atoms with Gasteiger partial charge in [0.1, 0.15) is 17.0 Å². The van der Waals surface area contributed by atoms with E-state index in [1.807, 2.05) is 32.3 Å². The molecule has 0 bridgehead atoms. The molecule has 0 saturated carbocycles. The Bertz CT molecular complexity index is 949. The van der Waals surface area contributed by atoms with E-state index in [-0.39, 0.29) is 5.91 Å². The van der Waals surface area contributed by atoms with Gasteiger partial charge >= 0.3 is 0 Å². The molecule has 0 radical (unpaired) electrons. The number of aromatic nitrogens is 1. The fourth-order valence-corrected chi connectivity index (χ4v) is 3.25. The lowest BCUT2D eigenvalue weighted by Crippen LogP contribution is -2.25. The largest absolute Gasteiger partial charge is 0.378 e. The van der Waals surface area contributed by atoms with Crippen LogP contribution in [0.1, 0.15) is 28.1 Å². The summed E-state index contributed by atoms with van der Waals surface area (Å²) in [6.07, 6.45) is 1.74.